The van der Waals surface area contributed by atoms with Crippen molar-refractivity contribution in [1.82, 2.24) is 4.98 Å². The van der Waals surface area contributed by atoms with Gasteiger partial charge in [0.2, 0.25) is 0 Å². The molecule has 0 saturated heterocycles. The first-order valence-electron chi connectivity index (χ1n) is 9.07. The molecule has 0 unspecified atom stereocenters. The fraction of sp³-hybridized carbons (Fsp3) is 0.238. The van der Waals surface area contributed by atoms with Gasteiger partial charge < -0.3 is 4.74 Å². The number of non-ortho nitro benzene ring substituents is 1. The Morgan fingerprint density at radius 1 is 1.28 bits per heavy atom. The largest absolute Gasteiger partial charge is 0.483 e. The Morgan fingerprint density at radius 2 is 2.07 bits per heavy atom. The molecule has 1 N–H and O–H groups in total. The van der Waals surface area contributed by atoms with E-state index in [0.717, 1.165) is 11.1 Å². The van der Waals surface area contributed by atoms with E-state index in [1.807, 2.05) is 25.1 Å². The van der Waals surface area contributed by atoms with E-state index < -0.39 is 4.92 Å². The molecular weight excluding hydrogens is 390 g/mol. The smallest absolute Gasteiger partial charge is 0.270 e. The molecule has 0 saturated carbocycles. The Bertz CT molecular complexity index is 1050. The number of ether oxygens (including phenoxy) is 1. The van der Waals surface area contributed by atoms with Crippen LogP contribution in [-0.4, -0.2) is 22.4 Å². The second-order valence-electron chi connectivity index (χ2n) is 6.88. The molecule has 0 radical (unpaired) electrons. The molecular formula is C21H21N3O4S. The molecule has 0 fully saturated rings. The molecule has 0 spiro atoms. The summed E-state index contributed by atoms with van der Waals surface area (Å²) in [6.45, 7) is 5.99. The molecule has 2 aromatic carbocycles. The van der Waals surface area contributed by atoms with Gasteiger partial charge in [0.1, 0.15) is 5.75 Å². The fourth-order valence-corrected chi connectivity index (χ4v) is 3.52. The van der Waals surface area contributed by atoms with E-state index in [2.05, 4.69) is 24.1 Å². The van der Waals surface area contributed by atoms with Crippen molar-refractivity contribution in [2.45, 2.75) is 26.7 Å². The molecule has 8 heteroatoms. The van der Waals surface area contributed by atoms with Crippen LogP contribution in [0.5, 0.6) is 5.75 Å². The lowest BCUT2D eigenvalue weighted by Crippen LogP contribution is -2.20. The summed E-state index contributed by atoms with van der Waals surface area (Å²) in [5.41, 5.74) is 3.29. The normalized spacial score (nSPS) is 10.8. The van der Waals surface area contributed by atoms with Crippen LogP contribution in [0.15, 0.2) is 47.8 Å². The summed E-state index contributed by atoms with van der Waals surface area (Å²) in [6, 6.07) is 12.2. The Kier molecular flexibility index (Phi) is 6.23. The molecule has 1 amide bonds. The summed E-state index contributed by atoms with van der Waals surface area (Å²) in [7, 11) is 0. The second-order valence-corrected chi connectivity index (χ2v) is 7.74. The van der Waals surface area contributed by atoms with E-state index in [-0.39, 0.29) is 24.1 Å². The van der Waals surface area contributed by atoms with E-state index in [0.29, 0.717) is 22.1 Å². The summed E-state index contributed by atoms with van der Waals surface area (Å²) in [5, 5.41) is 15.8. The molecule has 0 atom stereocenters. The first kappa shape index (κ1) is 20.5. The van der Waals surface area contributed by atoms with Gasteiger partial charge in [-0.2, -0.15) is 0 Å². The molecule has 0 bridgehead atoms. The summed E-state index contributed by atoms with van der Waals surface area (Å²) in [4.78, 5) is 27.1. The van der Waals surface area contributed by atoms with Crippen LogP contribution >= 0.6 is 11.3 Å². The number of nitro benzene ring substituents is 1. The van der Waals surface area contributed by atoms with E-state index >= 15 is 0 Å². The predicted molar refractivity (Wildman–Crippen MR) is 114 cm³/mol. The van der Waals surface area contributed by atoms with Crippen molar-refractivity contribution in [2.75, 3.05) is 11.9 Å². The first-order chi connectivity index (χ1) is 13.8. The standard InChI is InChI=1S/C21H21N3O4S/c1-13(2)17-8-7-14(3)9-19(17)28-11-20(25)23-21-22-18(12-29-21)15-5-4-6-16(10-15)24(26)27/h4-10,12-13H,11H2,1-3H3,(H,22,23,25). The number of hydrogen-bond donors (Lipinski definition) is 1. The van der Waals surface area contributed by atoms with E-state index in [1.54, 1.807) is 17.5 Å². The summed E-state index contributed by atoms with van der Waals surface area (Å²) in [5.74, 6) is 0.665. The number of amides is 1. The van der Waals surface area contributed by atoms with Crippen molar-refractivity contribution in [2.24, 2.45) is 0 Å². The summed E-state index contributed by atoms with van der Waals surface area (Å²) < 4.78 is 5.74. The van der Waals surface area contributed by atoms with Crippen LogP contribution in [-0.2, 0) is 4.79 Å². The maximum atomic E-state index is 12.3. The SMILES string of the molecule is Cc1ccc(C(C)C)c(OCC(=O)Nc2nc(-c3cccc([N+](=O)[O-])c3)cs2)c1. The van der Waals surface area contributed by atoms with Crippen molar-refractivity contribution in [3.63, 3.8) is 0 Å². The zero-order valence-electron chi connectivity index (χ0n) is 16.3. The summed E-state index contributed by atoms with van der Waals surface area (Å²) in [6.07, 6.45) is 0. The number of thiazole rings is 1. The van der Waals surface area contributed by atoms with Crippen LogP contribution in [0.25, 0.3) is 11.3 Å². The number of nitrogens with one attached hydrogen (secondary N) is 1. The van der Waals surface area contributed by atoms with Crippen molar-refractivity contribution < 1.29 is 14.5 Å². The third-order valence-electron chi connectivity index (χ3n) is 4.25. The number of carbonyl (C=O) groups excluding carboxylic acids is 1. The molecule has 0 aliphatic carbocycles. The van der Waals surface area contributed by atoms with Gasteiger partial charge in [0.05, 0.1) is 10.6 Å². The lowest BCUT2D eigenvalue weighted by molar-refractivity contribution is -0.384. The number of carbonyl (C=O) groups is 1. The lowest BCUT2D eigenvalue weighted by atomic mass is 10.0. The van der Waals surface area contributed by atoms with Crippen molar-refractivity contribution >= 4 is 28.1 Å². The van der Waals surface area contributed by atoms with Gasteiger partial charge in [-0.1, -0.05) is 38.1 Å². The number of benzene rings is 2. The molecule has 1 heterocycles. The van der Waals surface area contributed by atoms with Gasteiger partial charge in [-0.25, -0.2) is 4.98 Å². The third kappa shape index (κ3) is 5.17. The van der Waals surface area contributed by atoms with Gasteiger partial charge in [-0.15, -0.1) is 11.3 Å². The Morgan fingerprint density at radius 3 is 2.79 bits per heavy atom. The Balaban J connectivity index is 1.65. The fourth-order valence-electron chi connectivity index (χ4n) is 2.78. The quantitative estimate of drug-likeness (QED) is 0.428. The van der Waals surface area contributed by atoms with Gasteiger partial charge in [0.25, 0.3) is 11.6 Å². The average Bonchev–Trinajstić information content (AvgIpc) is 3.14. The number of nitrogens with zero attached hydrogens (tertiary/aromatic N) is 2. The zero-order valence-corrected chi connectivity index (χ0v) is 17.2. The average molecular weight is 411 g/mol. The van der Waals surface area contributed by atoms with E-state index in [9.17, 15) is 14.9 Å². The molecule has 3 rings (SSSR count). The van der Waals surface area contributed by atoms with E-state index in [4.69, 9.17) is 4.74 Å². The van der Waals surface area contributed by atoms with Crippen LogP contribution in [0.3, 0.4) is 0 Å². The maximum Gasteiger partial charge on any atom is 0.270 e. The molecule has 150 valence electrons. The minimum Gasteiger partial charge on any atom is -0.483 e. The number of nitro groups is 1. The Labute approximate surface area is 172 Å². The topological polar surface area (TPSA) is 94.4 Å². The van der Waals surface area contributed by atoms with Gasteiger partial charge in [0.15, 0.2) is 11.7 Å². The number of anilines is 1. The van der Waals surface area contributed by atoms with Crippen molar-refractivity contribution in [3.8, 4) is 17.0 Å². The number of aromatic nitrogens is 1. The number of aryl methyl sites for hydroxylation is 1. The highest BCUT2D eigenvalue weighted by Gasteiger charge is 2.13. The van der Waals surface area contributed by atoms with Crippen LogP contribution in [0.2, 0.25) is 0 Å². The molecule has 1 aromatic heterocycles. The van der Waals surface area contributed by atoms with Gasteiger partial charge >= 0.3 is 0 Å². The molecule has 29 heavy (non-hydrogen) atoms. The Hall–Kier alpha value is -3.26. The predicted octanol–water partition coefficient (Wildman–Crippen LogP) is 5.17. The summed E-state index contributed by atoms with van der Waals surface area (Å²) >= 11 is 1.25. The maximum absolute atomic E-state index is 12.3. The molecule has 0 aliphatic rings. The van der Waals surface area contributed by atoms with Crippen molar-refractivity contribution in [1.29, 1.82) is 0 Å². The second kappa shape index (κ2) is 8.83. The van der Waals surface area contributed by atoms with Crippen LogP contribution in [0.4, 0.5) is 10.8 Å². The van der Waals surface area contributed by atoms with E-state index in [1.165, 1.54) is 23.5 Å². The lowest BCUT2D eigenvalue weighted by Gasteiger charge is -2.14. The first-order valence-corrected chi connectivity index (χ1v) is 9.95. The van der Waals surface area contributed by atoms with Crippen LogP contribution in [0, 0.1) is 17.0 Å². The highest BCUT2D eigenvalue weighted by Crippen LogP contribution is 2.29. The highest BCUT2D eigenvalue weighted by molar-refractivity contribution is 7.14. The monoisotopic (exact) mass is 411 g/mol. The van der Waals surface area contributed by atoms with Crippen LogP contribution in [0.1, 0.15) is 30.9 Å². The van der Waals surface area contributed by atoms with Crippen LogP contribution < -0.4 is 10.1 Å². The number of rotatable bonds is 7. The highest BCUT2D eigenvalue weighted by atomic mass is 32.1. The third-order valence-corrected chi connectivity index (χ3v) is 5.01. The van der Waals surface area contributed by atoms with Gasteiger partial charge in [-0.05, 0) is 30.0 Å². The zero-order chi connectivity index (χ0) is 21.0. The molecule has 7 nitrogen and oxygen atoms in total. The molecule has 3 aromatic rings. The minimum atomic E-state index is -0.452. The molecule has 0 aliphatic heterocycles. The van der Waals surface area contributed by atoms with Crippen molar-refractivity contribution in [3.05, 3.63) is 69.1 Å². The van der Waals surface area contributed by atoms with Gasteiger partial charge in [-0.3, -0.25) is 20.2 Å². The minimum absolute atomic E-state index is 0.00593. The number of hydrogen-bond acceptors (Lipinski definition) is 6. The van der Waals surface area contributed by atoms with Gasteiger partial charge in [0, 0.05) is 23.1 Å².